The first-order valence-corrected chi connectivity index (χ1v) is 5.49. The van der Waals surface area contributed by atoms with Crippen molar-refractivity contribution in [3.63, 3.8) is 0 Å². The first-order valence-electron chi connectivity index (χ1n) is 3.82. The van der Waals surface area contributed by atoms with Gasteiger partial charge in [0.05, 0.1) is 6.61 Å². The molecule has 1 rings (SSSR count). The second-order valence-corrected chi connectivity index (χ2v) is 4.43. The van der Waals surface area contributed by atoms with E-state index in [2.05, 4.69) is 39.6 Å². The molecule has 68 valence electrons. The van der Waals surface area contributed by atoms with Gasteiger partial charge in [0.2, 0.25) is 0 Å². The maximum atomic E-state index is 8.60. The van der Waals surface area contributed by atoms with Crippen LogP contribution in [0.5, 0.6) is 0 Å². The van der Waals surface area contributed by atoms with Crippen LogP contribution in [-0.4, -0.2) is 18.3 Å². The number of rotatable bonds is 4. The summed E-state index contributed by atoms with van der Waals surface area (Å²) in [4.78, 5) is 1.29. The van der Waals surface area contributed by atoms with Gasteiger partial charge in [-0.05, 0) is 28.9 Å². The highest BCUT2D eigenvalue weighted by molar-refractivity contribution is 9.10. The first-order chi connectivity index (χ1) is 5.74. The Morgan fingerprint density at radius 3 is 3.00 bits per heavy atom. The van der Waals surface area contributed by atoms with Gasteiger partial charge in [-0.2, -0.15) is 0 Å². The third-order valence-electron chi connectivity index (χ3n) is 1.58. The number of nitrogens with one attached hydrogen (secondary N) is 1. The van der Waals surface area contributed by atoms with Crippen LogP contribution >= 0.6 is 27.3 Å². The summed E-state index contributed by atoms with van der Waals surface area (Å²) in [7, 11) is 0. The fourth-order valence-corrected chi connectivity index (χ4v) is 2.41. The lowest BCUT2D eigenvalue weighted by atomic mass is 10.3. The van der Waals surface area contributed by atoms with Crippen molar-refractivity contribution in [2.45, 2.75) is 13.0 Å². The summed E-state index contributed by atoms with van der Waals surface area (Å²) >= 11 is 5.12. The largest absolute Gasteiger partial charge is 0.395 e. The lowest BCUT2D eigenvalue weighted by Crippen LogP contribution is -2.21. The zero-order valence-corrected chi connectivity index (χ0v) is 9.28. The molecule has 0 bridgehead atoms. The number of thiophene rings is 1. The molecule has 0 spiro atoms. The average molecular weight is 250 g/mol. The molecule has 0 aromatic carbocycles. The summed E-state index contributed by atoms with van der Waals surface area (Å²) in [6, 6.07) is 2.42. The van der Waals surface area contributed by atoms with Crippen molar-refractivity contribution in [3.8, 4) is 0 Å². The Labute approximate surface area is 84.7 Å². The van der Waals surface area contributed by atoms with E-state index in [1.54, 1.807) is 11.3 Å². The molecule has 1 aromatic heterocycles. The summed E-state index contributed by atoms with van der Waals surface area (Å²) in [5, 5.41) is 13.9. The minimum Gasteiger partial charge on any atom is -0.395 e. The van der Waals surface area contributed by atoms with Crippen molar-refractivity contribution >= 4 is 27.3 Å². The van der Waals surface area contributed by atoms with E-state index in [0.29, 0.717) is 12.6 Å². The molecule has 2 nitrogen and oxygen atoms in total. The maximum Gasteiger partial charge on any atom is 0.0556 e. The zero-order chi connectivity index (χ0) is 8.97. The molecule has 2 N–H and O–H groups in total. The fraction of sp³-hybridized carbons (Fsp3) is 0.500. The molecule has 12 heavy (non-hydrogen) atoms. The zero-order valence-electron chi connectivity index (χ0n) is 6.88. The number of halogens is 1. The normalized spacial score (nSPS) is 13.2. The molecule has 0 aliphatic heterocycles. The van der Waals surface area contributed by atoms with Gasteiger partial charge in [0.1, 0.15) is 0 Å². The van der Waals surface area contributed by atoms with E-state index in [9.17, 15) is 0 Å². The Bertz CT molecular complexity index is 239. The second kappa shape index (κ2) is 4.97. The SMILES string of the molecule is CC(NCCO)c1cc(Br)cs1. The van der Waals surface area contributed by atoms with E-state index in [1.807, 2.05) is 0 Å². The molecule has 0 aliphatic carbocycles. The van der Waals surface area contributed by atoms with Crippen LogP contribution in [0.1, 0.15) is 17.8 Å². The number of hydrogen-bond acceptors (Lipinski definition) is 3. The van der Waals surface area contributed by atoms with E-state index in [0.717, 1.165) is 4.47 Å². The molecule has 0 saturated heterocycles. The van der Waals surface area contributed by atoms with Gasteiger partial charge in [0.25, 0.3) is 0 Å². The van der Waals surface area contributed by atoms with Crippen molar-refractivity contribution < 1.29 is 5.11 Å². The van der Waals surface area contributed by atoms with Crippen LogP contribution in [0.2, 0.25) is 0 Å². The second-order valence-electron chi connectivity index (χ2n) is 2.57. The molecular formula is C8H12BrNOS. The third kappa shape index (κ3) is 2.86. The topological polar surface area (TPSA) is 32.3 Å². The molecule has 0 fully saturated rings. The Hall–Kier alpha value is 0.1000. The summed E-state index contributed by atoms with van der Waals surface area (Å²) in [5.74, 6) is 0. The van der Waals surface area contributed by atoms with Gasteiger partial charge in [-0.3, -0.25) is 0 Å². The number of aliphatic hydroxyl groups excluding tert-OH is 1. The van der Waals surface area contributed by atoms with Crippen LogP contribution in [-0.2, 0) is 0 Å². The Morgan fingerprint density at radius 2 is 2.50 bits per heavy atom. The molecular weight excluding hydrogens is 238 g/mol. The van der Waals surface area contributed by atoms with Crippen molar-refractivity contribution in [1.82, 2.24) is 5.32 Å². The summed E-state index contributed by atoms with van der Waals surface area (Å²) in [6.45, 7) is 2.93. The van der Waals surface area contributed by atoms with Crippen molar-refractivity contribution in [1.29, 1.82) is 0 Å². The molecule has 0 saturated carbocycles. The van der Waals surface area contributed by atoms with Gasteiger partial charge in [-0.1, -0.05) is 0 Å². The van der Waals surface area contributed by atoms with Gasteiger partial charge < -0.3 is 10.4 Å². The van der Waals surface area contributed by atoms with E-state index >= 15 is 0 Å². The number of aliphatic hydroxyl groups is 1. The van der Waals surface area contributed by atoms with Crippen LogP contribution in [0.25, 0.3) is 0 Å². The van der Waals surface area contributed by atoms with E-state index < -0.39 is 0 Å². The molecule has 4 heteroatoms. The van der Waals surface area contributed by atoms with Crippen LogP contribution in [0.4, 0.5) is 0 Å². The summed E-state index contributed by atoms with van der Waals surface area (Å²) in [6.07, 6.45) is 0. The first kappa shape index (κ1) is 10.2. The molecule has 0 radical (unpaired) electrons. The maximum absolute atomic E-state index is 8.60. The Kier molecular flexibility index (Phi) is 4.21. The highest BCUT2D eigenvalue weighted by atomic mass is 79.9. The van der Waals surface area contributed by atoms with Crippen molar-refractivity contribution in [3.05, 3.63) is 20.8 Å². The van der Waals surface area contributed by atoms with Gasteiger partial charge in [0, 0.05) is 27.3 Å². The lowest BCUT2D eigenvalue weighted by Gasteiger charge is -2.09. The quantitative estimate of drug-likeness (QED) is 0.858. The van der Waals surface area contributed by atoms with Crippen LogP contribution in [0.3, 0.4) is 0 Å². The molecule has 0 amide bonds. The predicted octanol–water partition coefficient (Wildman–Crippen LogP) is 2.15. The smallest absolute Gasteiger partial charge is 0.0556 e. The molecule has 1 aromatic rings. The number of hydrogen-bond donors (Lipinski definition) is 2. The van der Waals surface area contributed by atoms with Crippen LogP contribution in [0, 0.1) is 0 Å². The predicted molar refractivity (Wildman–Crippen MR) is 55.5 cm³/mol. The van der Waals surface area contributed by atoms with E-state index in [1.165, 1.54) is 4.88 Å². The van der Waals surface area contributed by atoms with Gasteiger partial charge in [-0.15, -0.1) is 11.3 Å². The van der Waals surface area contributed by atoms with Gasteiger partial charge >= 0.3 is 0 Å². The van der Waals surface area contributed by atoms with Gasteiger partial charge in [-0.25, -0.2) is 0 Å². The van der Waals surface area contributed by atoms with Crippen LogP contribution in [0.15, 0.2) is 15.9 Å². The summed E-state index contributed by atoms with van der Waals surface area (Å²) in [5.41, 5.74) is 0. The summed E-state index contributed by atoms with van der Waals surface area (Å²) < 4.78 is 1.13. The minimum absolute atomic E-state index is 0.191. The Morgan fingerprint density at radius 1 is 1.75 bits per heavy atom. The molecule has 1 unspecified atom stereocenters. The highest BCUT2D eigenvalue weighted by Crippen LogP contribution is 2.24. The van der Waals surface area contributed by atoms with E-state index in [4.69, 9.17) is 5.11 Å². The average Bonchev–Trinajstić information content (AvgIpc) is 2.47. The third-order valence-corrected chi connectivity index (χ3v) is 3.45. The highest BCUT2D eigenvalue weighted by Gasteiger charge is 2.05. The molecule has 1 heterocycles. The van der Waals surface area contributed by atoms with Crippen molar-refractivity contribution in [2.24, 2.45) is 0 Å². The minimum atomic E-state index is 0.191. The molecule has 1 atom stereocenters. The van der Waals surface area contributed by atoms with Crippen molar-refractivity contribution in [2.75, 3.05) is 13.2 Å². The standard InChI is InChI=1S/C8H12BrNOS/c1-6(10-2-3-11)8-4-7(9)5-12-8/h4-6,10-11H,2-3H2,1H3. The fourth-order valence-electron chi connectivity index (χ4n) is 0.937. The lowest BCUT2D eigenvalue weighted by molar-refractivity contribution is 0.286. The monoisotopic (exact) mass is 249 g/mol. The van der Waals surface area contributed by atoms with Gasteiger partial charge in [0.15, 0.2) is 0 Å². The molecule has 0 aliphatic rings. The van der Waals surface area contributed by atoms with Crippen LogP contribution < -0.4 is 5.32 Å². The Balaban J connectivity index is 2.47. The van der Waals surface area contributed by atoms with E-state index in [-0.39, 0.29) is 6.61 Å².